The van der Waals surface area contributed by atoms with Crippen molar-refractivity contribution >= 4 is 10.9 Å². The van der Waals surface area contributed by atoms with Gasteiger partial charge in [-0.25, -0.2) is 13.8 Å². The first-order valence-corrected chi connectivity index (χ1v) is 11.1. The minimum Gasteiger partial charge on any atom is -0.472 e. The second-order valence-corrected chi connectivity index (χ2v) is 8.73. The molecule has 0 saturated carbocycles. The topological polar surface area (TPSA) is 75.7 Å². The van der Waals surface area contributed by atoms with Crippen molar-refractivity contribution in [1.29, 1.82) is 0 Å². The molecule has 1 fully saturated rings. The van der Waals surface area contributed by atoms with Crippen molar-refractivity contribution in [1.82, 2.24) is 25.5 Å². The van der Waals surface area contributed by atoms with E-state index in [9.17, 15) is 8.78 Å². The monoisotopic (exact) mass is 449 g/mol. The first-order chi connectivity index (χ1) is 16.0. The number of H-pyrrole nitrogens is 1. The number of rotatable bonds is 5. The molecule has 2 aromatic carbocycles. The average Bonchev–Trinajstić information content (AvgIpc) is 3.23. The molecule has 0 bridgehead atoms. The molecule has 5 rings (SSSR count). The maximum Gasteiger partial charge on any atom is 0.233 e. The first kappa shape index (κ1) is 21.5. The number of nitrogens with zero attached hydrogens (tertiary/aromatic N) is 3. The highest BCUT2D eigenvalue weighted by molar-refractivity contribution is 5.94. The number of nitrogens with one attached hydrogen (secondary N) is 2. The van der Waals surface area contributed by atoms with Crippen LogP contribution in [0.4, 0.5) is 8.78 Å². The van der Waals surface area contributed by atoms with Gasteiger partial charge in [-0.2, -0.15) is 5.10 Å². The fourth-order valence-electron chi connectivity index (χ4n) is 4.55. The molecule has 8 heteroatoms. The predicted molar refractivity (Wildman–Crippen MR) is 123 cm³/mol. The maximum atomic E-state index is 14.3. The predicted octanol–water partition coefficient (Wildman–Crippen LogP) is 4.98. The Hall–Kier alpha value is -3.39. The van der Waals surface area contributed by atoms with Gasteiger partial charge in [0.1, 0.15) is 29.1 Å². The van der Waals surface area contributed by atoms with Crippen LogP contribution in [0, 0.1) is 23.5 Å². The van der Waals surface area contributed by atoms with Crippen LogP contribution >= 0.6 is 0 Å². The van der Waals surface area contributed by atoms with Gasteiger partial charge in [-0.05, 0) is 48.7 Å². The van der Waals surface area contributed by atoms with Gasteiger partial charge in [0.15, 0.2) is 0 Å². The van der Waals surface area contributed by atoms with E-state index in [0.717, 1.165) is 25.0 Å². The molecule has 3 heterocycles. The number of hydrogen-bond donors (Lipinski definition) is 2. The molecule has 0 unspecified atom stereocenters. The lowest BCUT2D eigenvalue weighted by atomic mass is 9.85. The Labute approximate surface area is 190 Å². The van der Waals surface area contributed by atoms with E-state index in [-0.39, 0.29) is 11.7 Å². The van der Waals surface area contributed by atoms with Gasteiger partial charge in [-0.3, -0.25) is 10.1 Å². The highest BCUT2D eigenvalue weighted by atomic mass is 19.1. The molecule has 4 aromatic rings. The average molecular weight is 450 g/mol. The van der Waals surface area contributed by atoms with Gasteiger partial charge in [-0.1, -0.05) is 26.0 Å². The van der Waals surface area contributed by atoms with Crippen LogP contribution in [-0.2, 0) is 0 Å². The smallest absolute Gasteiger partial charge is 0.233 e. The van der Waals surface area contributed by atoms with E-state index in [1.54, 1.807) is 30.6 Å². The first-order valence-electron chi connectivity index (χ1n) is 11.1. The third-order valence-corrected chi connectivity index (χ3v) is 6.28. The Kier molecular flexibility index (Phi) is 5.76. The Morgan fingerprint density at radius 1 is 1.09 bits per heavy atom. The van der Waals surface area contributed by atoms with Crippen LogP contribution < -0.4 is 10.1 Å². The third-order valence-electron chi connectivity index (χ3n) is 6.28. The van der Waals surface area contributed by atoms with Crippen LogP contribution in [0.15, 0.2) is 48.8 Å². The lowest BCUT2D eigenvalue weighted by molar-refractivity contribution is 0.0734. The van der Waals surface area contributed by atoms with Crippen molar-refractivity contribution < 1.29 is 13.5 Å². The number of hydrogen-bond acceptors (Lipinski definition) is 5. The van der Waals surface area contributed by atoms with E-state index < -0.39 is 11.6 Å². The van der Waals surface area contributed by atoms with E-state index in [4.69, 9.17) is 4.74 Å². The minimum atomic E-state index is -0.615. The van der Waals surface area contributed by atoms with Gasteiger partial charge in [0.05, 0.1) is 23.5 Å². The van der Waals surface area contributed by atoms with Crippen LogP contribution in [0.1, 0.15) is 20.3 Å². The van der Waals surface area contributed by atoms with Gasteiger partial charge < -0.3 is 10.1 Å². The number of fused-ring (bicyclic) bond motifs is 1. The van der Waals surface area contributed by atoms with E-state index >= 15 is 0 Å². The van der Waals surface area contributed by atoms with Crippen LogP contribution in [0.5, 0.6) is 5.88 Å². The summed E-state index contributed by atoms with van der Waals surface area (Å²) in [5, 5.41) is 11.4. The Morgan fingerprint density at radius 2 is 1.91 bits per heavy atom. The van der Waals surface area contributed by atoms with E-state index in [1.165, 1.54) is 18.2 Å². The molecule has 0 spiro atoms. The van der Waals surface area contributed by atoms with E-state index in [0.29, 0.717) is 40.1 Å². The molecule has 0 radical (unpaired) electrons. The summed E-state index contributed by atoms with van der Waals surface area (Å²) in [7, 11) is 0. The zero-order valence-electron chi connectivity index (χ0n) is 18.5. The summed E-state index contributed by atoms with van der Waals surface area (Å²) >= 11 is 0. The van der Waals surface area contributed by atoms with Crippen molar-refractivity contribution in [2.45, 2.75) is 26.4 Å². The molecule has 6 nitrogen and oxygen atoms in total. The molecule has 0 aliphatic carbocycles. The summed E-state index contributed by atoms with van der Waals surface area (Å²) in [6, 6.07) is 8.97. The van der Waals surface area contributed by atoms with Crippen molar-refractivity contribution in [3.63, 3.8) is 0 Å². The highest BCUT2D eigenvalue weighted by Gasteiger charge is 2.29. The number of aromatic amines is 1. The van der Waals surface area contributed by atoms with Crippen LogP contribution in [0.25, 0.3) is 33.4 Å². The number of piperidine rings is 1. The molecule has 1 aliphatic rings. The van der Waals surface area contributed by atoms with Crippen molar-refractivity contribution in [3.8, 4) is 28.4 Å². The zero-order valence-corrected chi connectivity index (χ0v) is 18.5. The number of halogens is 2. The van der Waals surface area contributed by atoms with E-state index in [1.807, 2.05) is 0 Å². The summed E-state index contributed by atoms with van der Waals surface area (Å²) in [4.78, 5) is 8.96. The largest absolute Gasteiger partial charge is 0.472 e. The third kappa shape index (κ3) is 4.18. The van der Waals surface area contributed by atoms with Crippen LogP contribution in [0.3, 0.4) is 0 Å². The maximum absolute atomic E-state index is 14.3. The van der Waals surface area contributed by atoms with Crippen LogP contribution in [-0.4, -0.2) is 39.4 Å². The summed E-state index contributed by atoms with van der Waals surface area (Å²) in [5.74, 6) is 0.131. The fourth-order valence-corrected chi connectivity index (χ4v) is 4.55. The quantitative estimate of drug-likeness (QED) is 0.450. The van der Waals surface area contributed by atoms with Gasteiger partial charge in [-0.15, -0.1) is 0 Å². The standard InChI is InChI=1S/C25H25F2N5O/c1-14(2)16-8-9-28-12-22(16)33-23-13-29-11-21(30-23)25-17-10-15(6-7-20(17)31-32-25)24-18(26)4-3-5-19(24)27/h3-7,10-11,13-14,16,22,28H,8-9,12H2,1-2H3,(H,31,32)/t16-,22+/m0/s1. The van der Waals surface area contributed by atoms with Gasteiger partial charge in [0.25, 0.3) is 0 Å². The Bertz CT molecular complexity index is 1270. The minimum absolute atomic E-state index is 0.00913. The molecular formula is C25H25F2N5O. The summed E-state index contributed by atoms with van der Waals surface area (Å²) < 4.78 is 34.9. The molecule has 170 valence electrons. The SMILES string of the molecule is CC(C)[C@@H]1CCNC[C@H]1Oc1cncc(-c2n[nH]c3ccc(-c4c(F)cccc4F)cc23)n1. The molecule has 1 saturated heterocycles. The molecular weight excluding hydrogens is 424 g/mol. The zero-order chi connectivity index (χ0) is 22.9. The lowest BCUT2D eigenvalue weighted by Crippen LogP contribution is -2.46. The Morgan fingerprint density at radius 3 is 2.70 bits per heavy atom. The molecule has 1 aliphatic heterocycles. The second kappa shape index (κ2) is 8.86. The summed E-state index contributed by atoms with van der Waals surface area (Å²) in [6.07, 6.45) is 4.27. The second-order valence-electron chi connectivity index (χ2n) is 8.73. The normalized spacial score (nSPS) is 18.7. The van der Waals surface area contributed by atoms with Crippen molar-refractivity contribution in [3.05, 3.63) is 60.4 Å². The number of ether oxygens (including phenoxy) is 1. The number of benzene rings is 2. The van der Waals surface area contributed by atoms with E-state index in [2.05, 4.69) is 39.3 Å². The van der Waals surface area contributed by atoms with Crippen LogP contribution in [0.2, 0.25) is 0 Å². The summed E-state index contributed by atoms with van der Waals surface area (Å²) in [6.45, 7) is 6.16. The lowest BCUT2D eigenvalue weighted by Gasteiger charge is -2.34. The number of aromatic nitrogens is 4. The molecule has 2 N–H and O–H groups in total. The highest BCUT2D eigenvalue weighted by Crippen LogP contribution is 2.33. The fraction of sp³-hybridized carbons (Fsp3) is 0.320. The Balaban J connectivity index is 1.50. The van der Waals surface area contributed by atoms with Crippen molar-refractivity contribution in [2.24, 2.45) is 11.8 Å². The molecule has 2 aromatic heterocycles. The van der Waals surface area contributed by atoms with Gasteiger partial charge >= 0.3 is 0 Å². The molecule has 2 atom stereocenters. The van der Waals surface area contributed by atoms with Gasteiger partial charge in [0.2, 0.25) is 5.88 Å². The summed E-state index contributed by atoms with van der Waals surface area (Å²) in [5.41, 5.74) is 2.15. The van der Waals surface area contributed by atoms with Crippen molar-refractivity contribution in [2.75, 3.05) is 13.1 Å². The molecule has 33 heavy (non-hydrogen) atoms. The molecule has 0 amide bonds. The van der Waals surface area contributed by atoms with Gasteiger partial charge in [0, 0.05) is 17.8 Å².